The van der Waals surface area contributed by atoms with Crippen LogP contribution >= 0.6 is 0 Å². The molecule has 0 rings (SSSR count). The SMILES string of the molecule is CCO[C@H](C)/C=C(\C)N. The first-order valence-corrected chi connectivity index (χ1v) is 3.22. The molecule has 0 saturated carbocycles. The van der Waals surface area contributed by atoms with Gasteiger partial charge < -0.3 is 10.5 Å². The van der Waals surface area contributed by atoms with Gasteiger partial charge in [0.2, 0.25) is 0 Å². The molecule has 1 atom stereocenters. The van der Waals surface area contributed by atoms with Crippen molar-refractivity contribution in [1.82, 2.24) is 0 Å². The molecule has 0 spiro atoms. The second-order valence-electron chi connectivity index (χ2n) is 2.07. The van der Waals surface area contributed by atoms with E-state index in [-0.39, 0.29) is 6.10 Å². The van der Waals surface area contributed by atoms with Gasteiger partial charge in [-0.1, -0.05) is 0 Å². The van der Waals surface area contributed by atoms with E-state index in [0.29, 0.717) is 0 Å². The average molecular weight is 129 g/mol. The number of rotatable bonds is 3. The summed E-state index contributed by atoms with van der Waals surface area (Å²) < 4.78 is 5.20. The van der Waals surface area contributed by atoms with Crippen LogP contribution in [0.4, 0.5) is 0 Å². The highest BCUT2D eigenvalue weighted by Gasteiger charge is 1.92. The van der Waals surface area contributed by atoms with E-state index < -0.39 is 0 Å². The minimum atomic E-state index is 0.153. The third kappa shape index (κ3) is 5.37. The lowest BCUT2D eigenvalue weighted by atomic mass is 10.3. The highest BCUT2D eigenvalue weighted by Crippen LogP contribution is 1.93. The van der Waals surface area contributed by atoms with Crippen molar-refractivity contribution in [2.75, 3.05) is 6.61 Å². The summed E-state index contributed by atoms with van der Waals surface area (Å²) in [7, 11) is 0. The second-order valence-corrected chi connectivity index (χ2v) is 2.07. The molecule has 0 aliphatic heterocycles. The van der Waals surface area contributed by atoms with E-state index >= 15 is 0 Å². The summed E-state index contributed by atoms with van der Waals surface area (Å²) in [5.74, 6) is 0. The van der Waals surface area contributed by atoms with Crippen LogP contribution < -0.4 is 5.73 Å². The highest BCUT2D eigenvalue weighted by molar-refractivity contribution is 4.95. The first kappa shape index (κ1) is 8.50. The molecule has 0 radical (unpaired) electrons. The van der Waals surface area contributed by atoms with Gasteiger partial charge in [0.1, 0.15) is 0 Å². The lowest BCUT2D eigenvalue weighted by Crippen LogP contribution is -2.06. The summed E-state index contributed by atoms with van der Waals surface area (Å²) in [6, 6.07) is 0. The van der Waals surface area contributed by atoms with Gasteiger partial charge in [0.15, 0.2) is 0 Å². The largest absolute Gasteiger partial charge is 0.402 e. The van der Waals surface area contributed by atoms with E-state index in [4.69, 9.17) is 10.5 Å². The smallest absolute Gasteiger partial charge is 0.0746 e. The summed E-state index contributed by atoms with van der Waals surface area (Å²) in [6.07, 6.45) is 2.05. The number of nitrogens with two attached hydrogens (primary N) is 1. The van der Waals surface area contributed by atoms with Gasteiger partial charge >= 0.3 is 0 Å². The molecule has 0 aromatic rings. The fourth-order valence-corrected chi connectivity index (χ4v) is 0.681. The van der Waals surface area contributed by atoms with Crippen LogP contribution in [0.3, 0.4) is 0 Å². The van der Waals surface area contributed by atoms with Crippen molar-refractivity contribution in [2.45, 2.75) is 26.9 Å². The Hall–Kier alpha value is -0.500. The molecule has 0 fully saturated rings. The van der Waals surface area contributed by atoms with Gasteiger partial charge in [0, 0.05) is 12.3 Å². The molecular weight excluding hydrogens is 114 g/mol. The van der Waals surface area contributed by atoms with Crippen LogP contribution in [-0.2, 0) is 4.74 Å². The van der Waals surface area contributed by atoms with E-state index in [1.54, 1.807) is 0 Å². The number of allylic oxidation sites excluding steroid dienone is 1. The maximum Gasteiger partial charge on any atom is 0.0746 e. The lowest BCUT2D eigenvalue weighted by Gasteiger charge is -2.05. The molecule has 0 unspecified atom stereocenters. The predicted octanol–water partition coefficient (Wildman–Crippen LogP) is 1.27. The first-order chi connectivity index (χ1) is 4.16. The van der Waals surface area contributed by atoms with Crippen molar-refractivity contribution in [1.29, 1.82) is 0 Å². The van der Waals surface area contributed by atoms with Crippen molar-refractivity contribution in [3.63, 3.8) is 0 Å². The molecule has 0 heterocycles. The Morgan fingerprint density at radius 1 is 1.78 bits per heavy atom. The summed E-state index contributed by atoms with van der Waals surface area (Å²) in [6.45, 7) is 6.54. The second kappa shape index (κ2) is 4.39. The Morgan fingerprint density at radius 2 is 2.33 bits per heavy atom. The van der Waals surface area contributed by atoms with E-state index in [1.165, 1.54) is 0 Å². The molecule has 0 saturated heterocycles. The topological polar surface area (TPSA) is 35.2 Å². The van der Waals surface area contributed by atoms with Crippen molar-refractivity contribution in [3.05, 3.63) is 11.8 Å². The van der Waals surface area contributed by atoms with Gasteiger partial charge in [0.25, 0.3) is 0 Å². The Kier molecular flexibility index (Phi) is 4.14. The molecule has 0 aliphatic carbocycles. The van der Waals surface area contributed by atoms with Gasteiger partial charge in [-0.3, -0.25) is 0 Å². The molecule has 0 aliphatic rings. The van der Waals surface area contributed by atoms with Gasteiger partial charge in [-0.25, -0.2) is 0 Å². The van der Waals surface area contributed by atoms with Crippen LogP contribution in [0.1, 0.15) is 20.8 Å². The molecule has 0 aromatic heterocycles. The third-order valence-corrected chi connectivity index (χ3v) is 0.927. The Bertz CT molecular complexity index is 95.1. The Balaban J connectivity index is 3.49. The first-order valence-electron chi connectivity index (χ1n) is 3.22. The number of hydrogen-bond donors (Lipinski definition) is 1. The quantitative estimate of drug-likeness (QED) is 0.623. The predicted molar refractivity (Wildman–Crippen MR) is 39.0 cm³/mol. The number of hydrogen-bond acceptors (Lipinski definition) is 2. The third-order valence-electron chi connectivity index (χ3n) is 0.927. The minimum absolute atomic E-state index is 0.153. The molecule has 0 bridgehead atoms. The van der Waals surface area contributed by atoms with Crippen molar-refractivity contribution >= 4 is 0 Å². The zero-order valence-electron chi connectivity index (χ0n) is 6.35. The molecule has 9 heavy (non-hydrogen) atoms. The fraction of sp³-hybridized carbons (Fsp3) is 0.714. The zero-order chi connectivity index (χ0) is 7.28. The van der Waals surface area contributed by atoms with Gasteiger partial charge in [-0.2, -0.15) is 0 Å². The molecule has 0 aromatic carbocycles. The monoisotopic (exact) mass is 129 g/mol. The molecule has 2 heteroatoms. The molecule has 2 nitrogen and oxygen atoms in total. The maximum atomic E-state index is 5.40. The van der Waals surface area contributed by atoms with Crippen molar-refractivity contribution in [2.24, 2.45) is 5.73 Å². The van der Waals surface area contributed by atoms with Crippen LogP contribution in [0, 0.1) is 0 Å². The summed E-state index contributed by atoms with van der Waals surface area (Å²) in [4.78, 5) is 0. The summed E-state index contributed by atoms with van der Waals surface area (Å²) in [5, 5.41) is 0. The van der Waals surface area contributed by atoms with Crippen LogP contribution in [-0.4, -0.2) is 12.7 Å². The highest BCUT2D eigenvalue weighted by atomic mass is 16.5. The Labute approximate surface area is 56.7 Å². The zero-order valence-corrected chi connectivity index (χ0v) is 6.35. The molecule has 2 N–H and O–H groups in total. The van der Waals surface area contributed by atoms with E-state index in [0.717, 1.165) is 12.3 Å². The molecule has 0 amide bonds. The average Bonchev–Trinajstić information content (AvgIpc) is 1.63. The van der Waals surface area contributed by atoms with E-state index in [9.17, 15) is 0 Å². The fourth-order valence-electron chi connectivity index (χ4n) is 0.681. The van der Waals surface area contributed by atoms with Crippen molar-refractivity contribution in [3.8, 4) is 0 Å². The molecule has 54 valence electrons. The van der Waals surface area contributed by atoms with E-state index in [1.807, 2.05) is 26.8 Å². The summed E-state index contributed by atoms with van der Waals surface area (Å²) >= 11 is 0. The van der Waals surface area contributed by atoms with Gasteiger partial charge in [0.05, 0.1) is 6.10 Å². The van der Waals surface area contributed by atoms with Crippen LogP contribution in [0.15, 0.2) is 11.8 Å². The van der Waals surface area contributed by atoms with Crippen LogP contribution in [0.5, 0.6) is 0 Å². The Morgan fingerprint density at radius 3 is 2.67 bits per heavy atom. The van der Waals surface area contributed by atoms with Crippen molar-refractivity contribution < 1.29 is 4.74 Å². The van der Waals surface area contributed by atoms with Crippen LogP contribution in [0.25, 0.3) is 0 Å². The maximum absolute atomic E-state index is 5.40. The number of ether oxygens (including phenoxy) is 1. The normalized spacial score (nSPS) is 15.7. The summed E-state index contributed by atoms with van der Waals surface area (Å²) in [5.41, 5.74) is 6.22. The van der Waals surface area contributed by atoms with E-state index in [2.05, 4.69) is 0 Å². The lowest BCUT2D eigenvalue weighted by molar-refractivity contribution is 0.109. The standard InChI is InChI=1S/C7H15NO/c1-4-9-7(3)5-6(2)8/h5,7H,4,8H2,1-3H3/b6-5+/t7-/m1/s1. The van der Waals surface area contributed by atoms with Gasteiger partial charge in [-0.15, -0.1) is 0 Å². The minimum Gasteiger partial charge on any atom is -0.402 e. The van der Waals surface area contributed by atoms with Gasteiger partial charge in [-0.05, 0) is 26.8 Å². The van der Waals surface area contributed by atoms with Crippen LogP contribution in [0.2, 0.25) is 0 Å². The molecular formula is C7H15NO.